The van der Waals surface area contributed by atoms with Gasteiger partial charge in [0.05, 0.1) is 23.4 Å². The molecular weight excluding hydrogens is 530 g/mol. The van der Waals surface area contributed by atoms with E-state index in [2.05, 4.69) is 4.72 Å². The van der Waals surface area contributed by atoms with Crippen molar-refractivity contribution in [1.29, 1.82) is 0 Å². The molecule has 13 heteroatoms. The molecule has 2 aromatic rings. The van der Waals surface area contributed by atoms with Crippen molar-refractivity contribution < 1.29 is 31.2 Å². The van der Waals surface area contributed by atoms with Gasteiger partial charge >= 0.3 is 0 Å². The third-order valence-corrected chi connectivity index (χ3v) is 9.07. The van der Waals surface area contributed by atoms with Crippen molar-refractivity contribution >= 4 is 54.0 Å². The first-order chi connectivity index (χ1) is 16.8. The summed E-state index contributed by atoms with van der Waals surface area (Å²) in [6.07, 6.45) is 0.701. The first kappa shape index (κ1) is 26.8. The molecule has 0 bridgehead atoms. The van der Waals surface area contributed by atoms with Crippen LogP contribution in [0.3, 0.4) is 0 Å². The summed E-state index contributed by atoms with van der Waals surface area (Å²) in [5, 5.41) is 2.03. The van der Waals surface area contributed by atoms with Crippen LogP contribution in [0.2, 0.25) is 5.02 Å². The van der Waals surface area contributed by atoms with Crippen LogP contribution in [0.1, 0.15) is 13.3 Å². The van der Waals surface area contributed by atoms with Gasteiger partial charge in [-0.05, 0) is 48.4 Å². The van der Waals surface area contributed by atoms with Gasteiger partial charge in [0.1, 0.15) is 21.9 Å². The number of likely N-dealkylation sites (tertiary alicyclic amines) is 1. The van der Waals surface area contributed by atoms with E-state index in [9.17, 15) is 26.4 Å². The van der Waals surface area contributed by atoms with Crippen molar-refractivity contribution in [3.05, 3.63) is 41.4 Å². The number of amides is 2. The van der Waals surface area contributed by atoms with E-state index in [1.165, 1.54) is 21.9 Å². The number of halogens is 1. The molecule has 2 aliphatic heterocycles. The number of hydrogen-bond donors (Lipinski definition) is 1. The summed E-state index contributed by atoms with van der Waals surface area (Å²) in [6.45, 7) is 2.40. The fourth-order valence-electron chi connectivity index (χ4n) is 4.57. The molecule has 36 heavy (non-hydrogen) atoms. The lowest BCUT2D eigenvalue weighted by Crippen LogP contribution is -2.55. The van der Waals surface area contributed by atoms with Crippen LogP contribution in [0.25, 0.3) is 10.8 Å². The number of hydrogen-bond acceptors (Lipinski definition) is 7. The van der Waals surface area contributed by atoms with E-state index in [-0.39, 0.29) is 49.2 Å². The molecule has 1 N–H and O–H groups in total. The second-order valence-electron chi connectivity index (χ2n) is 9.19. The number of ether oxygens (including phenoxy) is 1. The third-order valence-electron chi connectivity index (χ3n) is 6.39. The van der Waals surface area contributed by atoms with Crippen LogP contribution in [0, 0.1) is 0 Å². The zero-order valence-corrected chi connectivity index (χ0v) is 22.3. The third kappa shape index (κ3) is 6.00. The Bertz CT molecular complexity index is 1400. The van der Waals surface area contributed by atoms with Crippen molar-refractivity contribution in [3.8, 4) is 0 Å². The van der Waals surface area contributed by atoms with Crippen LogP contribution in [-0.2, 0) is 34.2 Å². The average molecular weight is 558 g/mol. The lowest BCUT2D eigenvalue weighted by molar-refractivity contribution is -0.147. The summed E-state index contributed by atoms with van der Waals surface area (Å²) in [6, 6.07) is 7.93. The highest BCUT2D eigenvalue weighted by atomic mass is 35.5. The summed E-state index contributed by atoms with van der Waals surface area (Å²) in [5.41, 5.74) is 0. The maximum Gasteiger partial charge on any atom is 0.245 e. The van der Waals surface area contributed by atoms with E-state index < -0.39 is 44.0 Å². The first-order valence-corrected chi connectivity index (χ1v) is 15.4. The Labute approximate surface area is 215 Å². The van der Waals surface area contributed by atoms with Gasteiger partial charge < -0.3 is 14.5 Å². The molecule has 2 amide bonds. The minimum Gasteiger partial charge on any atom is -0.373 e. The molecule has 196 valence electrons. The maximum absolute atomic E-state index is 13.1. The summed E-state index contributed by atoms with van der Waals surface area (Å²) < 4.78 is 57.1. The quantitative estimate of drug-likeness (QED) is 0.538. The number of fused-ring (bicyclic) bond motifs is 1. The van der Waals surface area contributed by atoms with Gasteiger partial charge in [0, 0.05) is 30.9 Å². The van der Waals surface area contributed by atoms with Gasteiger partial charge in [-0.1, -0.05) is 23.7 Å². The number of benzene rings is 2. The van der Waals surface area contributed by atoms with Crippen molar-refractivity contribution in [2.24, 2.45) is 0 Å². The molecule has 0 aliphatic carbocycles. The molecule has 0 saturated carbocycles. The van der Waals surface area contributed by atoms with Gasteiger partial charge in [0.15, 0.2) is 0 Å². The predicted octanol–water partition coefficient (Wildman–Crippen LogP) is 1.03. The van der Waals surface area contributed by atoms with Gasteiger partial charge in [-0.2, -0.15) is 4.72 Å². The summed E-state index contributed by atoms with van der Waals surface area (Å²) in [5.74, 6) is -1.01. The molecule has 0 radical (unpaired) electrons. The Hall–Kier alpha value is -2.25. The molecule has 0 spiro atoms. The molecule has 3 atom stereocenters. The molecule has 2 aliphatic rings. The fourth-order valence-corrected chi connectivity index (χ4v) is 6.88. The summed E-state index contributed by atoms with van der Waals surface area (Å²) in [4.78, 5) is 29.0. The topological polar surface area (TPSA) is 130 Å². The van der Waals surface area contributed by atoms with Crippen LogP contribution in [0.4, 0.5) is 0 Å². The normalized spacial score (nSPS) is 22.2. The molecular formula is C23H28ClN3O7S2. The first-order valence-electron chi connectivity index (χ1n) is 11.4. The smallest absolute Gasteiger partial charge is 0.245 e. The zero-order chi connectivity index (χ0) is 26.3. The Morgan fingerprint density at radius 2 is 1.83 bits per heavy atom. The van der Waals surface area contributed by atoms with E-state index in [1.54, 1.807) is 31.2 Å². The molecule has 1 unspecified atom stereocenters. The fraction of sp³-hybridized carbons (Fsp3) is 0.478. The monoisotopic (exact) mass is 557 g/mol. The van der Waals surface area contributed by atoms with Gasteiger partial charge in [0.2, 0.25) is 21.8 Å². The van der Waals surface area contributed by atoms with Crippen LogP contribution in [0.5, 0.6) is 0 Å². The Balaban J connectivity index is 1.42. The number of carbonyl (C=O) groups excluding carboxylic acids is 2. The molecule has 0 aromatic heterocycles. The van der Waals surface area contributed by atoms with E-state index in [4.69, 9.17) is 16.3 Å². The predicted molar refractivity (Wildman–Crippen MR) is 135 cm³/mol. The van der Waals surface area contributed by atoms with Gasteiger partial charge in [-0.3, -0.25) is 9.59 Å². The number of sulfone groups is 1. The zero-order valence-electron chi connectivity index (χ0n) is 19.9. The lowest BCUT2D eigenvalue weighted by Gasteiger charge is -2.36. The SMILES string of the molecule is C[C@@H](C(=O)N1CCOC(CS(C)(=O)=O)C1)N1CC[C@H](NS(=O)(=O)c2ccc3cc(Cl)ccc3c2)C1=O. The second kappa shape index (κ2) is 10.3. The van der Waals surface area contributed by atoms with Crippen molar-refractivity contribution in [1.82, 2.24) is 14.5 Å². The molecule has 2 saturated heterocycles. The van der Waals surface area contributed by atoms with Gasteiger partial charge in [-0.15, -0.1) is 0 Å². The number of sulfonamides is 1. The van der Waals surface area contributed by atoms with Crippen molar-refractivity contribution in [2.75, 3.05) is 38.2 Å². The number of morpholine rings is 1. The summed E-state index contributed by atoms with van der Waals surface area (Å²) >= 11 is 5.99. The summed E-state index contributed by atoms with van der Waals surface area (Å²) in [7, 11) is -7.27. The maximum atomic E-state index is 13.1. The lowest BCUT2D eigenvalue weighted by atomic mass is 10.1. The second-order valence-corrected chi connectivity index (χ2v) is 13.5. The van der Waals surface area contributed by atoms with E-state index in [0.29, 0.717) is 10.4 Å². The number of nitrogens with zero attached hydrogens (tertiary/aromatic N) is 2. The highest BCUT2D eigenvalue weighted by Gasteiger charge is 2.41. The Kier molecular flexibility index (Phi) is 7.63. The molecule has 4 rings (SSSR count). The standard InChI is InChI=1S/C23H28ClN3O7S2/c1-15(22(28)26-9-10-34-19(13-26)14-35(2,30)31)27-8-7-21(23(27)29)25-36(32,33)20-6-4-16-11-18(24)5-3-17(16)12-20/h3-6,11-12,15,19,21,25H,7-10,13-14H2,1-2H3/t15-,19?,21-/m0/s1. The van der Waals surface area contributed by atoms with E-state index >= 15 is 0 Å². The molecule has 2 heterocycles. The number of nitrogens with one attached hydrogen (secondary N) is 1. The van der Waals surface area contributed by atoms with E-state index in [0.717, 1.165) is 11.6 Å². The van der Waals surface area contributed by atoms with E-state index in [1.807, 2.05) is 0 Å². The van der Waals surface area contributed by atoms with Crippen LogP contribution < -0.4 is 4.72 Å². The van der Waals surface area contributed by atoms with Crippen LogP contribution >= 0.6 is 11.6 Å². The number of rotatable bonds is 7. The van der Waals surface area contributed by atoms with Crippen molar-refractivity contribution in [3.63, 3.8) is 0 Å². The largest absolute Gasteiger partial charge is 0.373 e. The minimum absolute atomic E-state index is 0.0259. The van der Waals surface area contributed by atoms with Gasteiger partial charge in [-0.25, -0.2) is 16.8 Å². The highest BCUT2D eigenvalue weighted by molar-refractivity contribution is 7.90. The highest BCUT2D eigenvalue weighted by Crippen LogP contribution is 2.24. The Morgan fingerprint density at radius 1 is 1.14 bits per heavy atom. The molecule has 2 fully saturated rings. The van der Waals surface area contributed by atoms with Crippen LogP contribution in [0.15, 0.2) is 41.3 Å². The Morgan fingerprint density at radius 3 is 2.56 bits per heavy atom. The minimum atomic E-state index is -3.99. The molecule has 10 nitrogen and oxygen atoms in total. The number of carbonyl (C=O) groups is 2. The average Bonchev–Trinajstić information content (AvgIpc) is 3.16. The van der Waals surface area contributed by atoms with Gasteiger partial charge in [0.25, 0.3) is 0 Å². The molecule has 2 aromatic carbocycles. The van der Waals surface area contributed by atoms with Crippen LogP contribution in [-0.4, -0.2) is 94.9 Å². The van der Waals surface area contributed by atoms with Crippen molar-refractivity contribution in [2.45, 2.75) is 36.4 Å².